The Morgan fingerprint density at radius 2 is 2.11 bits per heavy atom. The molecule has 1 fully saturated rings. The number of nitrogens with one attached hydrogen (secondary N) is 1. The fraction of sp³-hybridized carbons (Fsp3) is 0.923. The molecule has 1 saturated heterocycles. The van der Waals surface area contributed by atoms with Crippen LogP contribution < -0.4 is 5.32 Å². The molecule has 5 nitrogen and oxygen atoms in total. The number of rotatable bonds is 7. The van der Waals surface area contributed by atoms with Crippen molar-refractivity contribution in [2.24, 2.45) is 11.8 Å². The van der Waals surface area contributed by atoms with Crippen molar-refractivity contribution in [1.82, 2.24) is 10.2 Å². The van der Waals surface area contributed by atoms with Crippen LogP contribution in [-0.2, 0) is 14.3 Å². The van der Waals surface area contributed by atoms with Crippen molar-refractivity contribution in [3.8, 4) is 0 Å². The van der Waals surface area contributed by atoms with Gasteiger partial charge in [0.05, 0.1) is 25.2 Å². The van der Waals surface area contributed by atoms with E-state index in [1.165, 1.54) is 0 Å². The fourth-order valence-electron chi connectivity index (χ4n) is 2.42. The lowest BCUT2D eigenvalue weighted by molar-refractivity contribution is -0.139. The maximum atomic E-state index is 12.6. The number of carbonyl (C=O) groups excluding carboxylic acids is 1. The Bertz CT molecular complexity index is 261. The van der Waals surface area contributed by atoms with E-state index >= 15 is 0 Å². The maximum absolute atomic E-state index is 12.6. The first-order valence-electron chi connectivity index (χ1n) is 6.60. The molecule has 1 heterocycles. The third-order valence-corrected chi connectivity index (χ3v) is 3.59. The van der Waals surface area contributed by atoms with Crippen LogP contribution >= 0.6 is 0 Å². The van der Waals surface area contributed by atoms with Gasteiger partial charge >= 0.3 is 0 Å². The van der Waals surface area contributed by atoms with Crippen LogP contribution in [0.25, 0.3) is 0 Å². The van der Waals surface area contributed by atoms with E-state index in [2.05, 4.69) is 12.2 Å². The zero-order valence-corrected chi connectivity index (χ0v) is 11.9. The molecular weight excluding hydrogens is 232 g/mol. The highest BCUT2D eigenvalue weighted by Crippen LogP contribution is 2.19. The van der Waals surface area contributed by atoms with E-state index in [0.717, 1.165) is 13.1 Å². The molecule has 1 aliphatic heterocycles. The molecule has 5 heteroatoms. The normalized spacial score (nSPS) is 25.1. The summed E-state index contributed by atoms with van der Waals surface area (Å²) in [5.74, 6) is 0.701. The average Bonchev–Trinajstić information content (AvgIpc) is 2.76. The summed E-state index contributed by atoms with van der Waals surface area (Å²) in [5.41, 5.74) is 0. The zero-order chi connectivity index (χ0) is 13.5. The second-order valence-electron chi connectivity index (χ2n) is 5.07. The standard InChI is InChI=1S/C13H26N2O3/c1-10-7-14-8-12(10)13(16)15(5-6-17-3)11(2)9-18-4/h10-12,14H,5-9H2,1-4H3/t10-,11?,12-/m1/s1. The van der Waals surface area contributed by atoms with Crippen LogP contribution in [-0.4, -0.2) is 63.9 Å². The van der Waals surface area contributed by atoms with Gasteiger partial charge in [0.1, 0.15) is 0 Å². The minimum absolute atomic E-state index is 0.0844. The smallest absolute Gasteiger partial charge is 0.227 e. The first-order valence-corrected chi connectivity index (χ1v) is 6.60. The molecule has 0 aromatic heterocycles. The van der Waals surface area contributed by atoms with Gasteiger partial charge in [-0.3, -0.25) is 4.79 Å². The molecule has 0 aromatic carbocycles. The van der Waals surface area contributed by atoms with Crippen LogP contribution in [0.2, 0.25) is 0 Å². The van der Waals surface area contributed by atoms with Crippen LogP contribution in [0.5, 0.6) is 0 Å². The molecule has 1 unspecified atom stereocenters. The van der Waals surface area contributed by atoms with E-state index < -0.39 is 0 Å². The number of hydrogen-bond acceptors (Lipinski definition) is 4. The summed E-state index contributed by atoms with van der Waals surface area (Å²) in [6, 6.07) is 0.0884. The Morgan fingerprint density at radius 3 is 2.61 bits per heavy atom. The minimum Gasteiger partial charge on any atom is -0.383 e. The van der Waals surface area contributed by atoms with Crippen molar-refractivity contribution < 1.29 is 14.3 Å². The predicted molar refractivity (Wildman–Crippen MR) is 70.5 cm³/mol. The van der Waals surface area contributed by atoms with Crippen molar-refractivity contribution in [2.45, 2.75) is 19.9 Å². The SMILES string of the molecule is COCCN(C(=O)[C@@H]1CNC[C@H]1C)C(C)COC. The molecule has 1 amide bonds. The lowest BCUT2D eigenvalue weighted by Gasteiger charge is -2.31. The zero-order valence-electron chi connectivity index (χ0n) is 11.9. The summed E-state index contributed by atoms with van der Waals surface area (Å²) in [7, 11) is 3.32. The number of ether oxygens (including phenoxy) is 2. The Labute approximate surface area is 110 Å². The van der Waals surface area contributed by atoms with Crippen LogP contribution in [0, 0.1) is 11.8 Å². The molecule has 18 heavy (non-hydrogen) atoms. The second kappa shape index (κ2) is 7.71. The molecule has 0 aliphatic carbocycles. The van der Waals surface area contributed by atoms with Crippen molar-refractivity contribution >= 4 is 5.91 Å². The largest absolute Gasteiger partial charge is 0.383 e. The molecule has 106 valence electrons. The monoisotopic (exact) mass is 258 g/mol. The van der Waals surface area contributed by atoms with Crippen molar-refractivity contribution in [3.05, 3.63) is 0 Å². The molecule has 1 N–H and O–H groups in total. The van der Waals surface area contributed by atoms with Crippen molar-refractivity contribution in [3.63, 3.8) is 0 Å². The molecule has 0 bridgehead atoms. The maximum Gasteiger partial charge on any atom is 0.227 e. The summed E-state index contributed by atoms with van der Waals surface area (Å²) >= 11 is 0. The van der Waals surface area contributed by atoms with E-state index in [1.54, 1.807) is 14.2 Å². The average molecular weight is 258 g/mol. The van der Waals surface area contributed by atoms with Crippen molar-refractivity contribution in [2.75, 3.05) is 47.1 Å². The number of nitrogens with zero attached hydrogens (tertiary/aromatic N) is 1. The molecule has 1 aliphatic rings. The van der Waals surface area contributed by atoms with E-state index in [0.29, 0.717) is 25.7 Å². The van der Waals surface area contributed by atoms with Crippen LogP contribution in [0.4, 0.5) is 0 Å². The Kier molecular flexibility index (Phi) is 6.60. The van der Waals surface area contributed by atoms with Crippen LogP contribution in [0.3, 0.4) is 0 Å². The third kappa shape index (κ3) is 3.93. The van der Waals surface area contributed by atoms with Gasteiger partial charge in [-0.2, -0.15) is 0 Å². The van der Waals surface area contributed by atoms with Gasteiger partial charge in [0.15, 0.2) is 0 Å². The van der Waals surface area contributed by atoms with Gasteiger partial charge in [-0.05, 0) is 19.4 Å². The highest BCUT2D eigenvalue weighted by Gasteiger charge is 2.34. The number of carbonyl (C=O) groups is 1. The topological polar surface area (TPSA) is 50.8 Å². The highest BCUT2D eigenvalue weighted by atomic mass is 16.5. The van der Waals surface area contributed by atoms with Gasteiger partial charge in [0, 0.05) is 27.3 Å². The van der Waals surface area contributed by atoms with E-state index in [4.69, 9.17) is 9.47 Å². The Hall–Kier alpha value is -0.650. The summed E-state index contributed by atoms with van der Waals surface area (Å²) in [6.07, 6.45) is 0. The first kappa shape index (κ1) is 15.4. The Morgan fingerprint density at radius 1 is 1.39 bits per heavy atom. The third-order valence-electron chi connectivity index (χ3n) is 3.59. The lowest BCUT2D eigenvalue weighted by Crippen LogP contribution is -2.47. The summed E-state index contributed by atoms with van der Waals surface area (Å²) in [4.78, 5) is 14.4. The highest BCUT2D eigenvalue weighted by molar-refractivity contribution is 5.80. The van der Waals surface area contributed by atoms with E-state index in [-0.39, 0.29) is 17.9 Å². The minimum atomic E-state index is 0.0844. The lowest BCUT2D eigenvalue weighted by atomic mass is 9.96. The predicted octanol–water partition coefficient (Wildman–Crippen LogP) is 0.352. The molecule has 0 aromatic rings. The summed E-state index contributed by atoms with van der Waals surface area (Å²) < 4.78 is 10.2. The molecule has 0 saturated carbocycles. The van der Waals surface area contributed by atoms with Gasteiger partial charge in [-0.25, -0.2) is 0 Å². The second-order valence-corrected chi connectivity index (χ2v) is 5.07. The van der Waals surface area contributed by atoms with Gasteiger partial charge in [0.25, 0.3) is 0 Å². The fourth-order valence-corrected chi connectivity index (χ4v) is 2.42. The van der Waals surface area contributed by atoms with E-state index in [1.807, 2.05) is 11.8 Å². The van der Waals surface area contributed by atoms with Gasteiger partial charge in [0.2, 0.25) is 5.91 Å². The van der Waals surface area contributed by atoms with Crippen molar-refractivity contribution in [1.29, 1.82) is 0 Å². The quantitative estimate of drug-likeness (QED) is 0.716. The molecule has 0 spiro atoms. The van der Waals surface area contributed by atoms with Gasteiger partial charge in [-0.15, -0.1) is 0 Å². The molecule has 0 radical (unpaired) electrons. The van der Waals surface area contributed by atoms with Gasteiger partial charge in [-0.1, -0.05) is 6.92 Å². The molecule has 3 atom stereocenters. The number of amides is 1. The molecule has 1 rings (SSSR count). The van der Waals surface area contributed by atoms with E-state index in [9.17, 15) is 4.79 Å². The number of hydrogen-bond donors (Lipinski definition) is 1. The van der Waals surface area contributed by atoms with Crippen LogP contribution in [0.1, 0.15) is 13.8 Å². The van der Waals surface area contributed by atoms with Crippen LogP contribution in [0.15, 0.2) is 0 Å². The first-order chi connectivity index (χ1) is 8.61. The summed E-state index contributed by atoms with van der Waals surface area (Å²) in [5, 5.41) is 3.27. The Balaban J connectivity index is 2.65. The molecular formula is C13H26N2O3. The van der Waals surface area contributed by atoms with Gasteiger partial charge < -0.3 is 19.7 Å². The summed E-state index contributed by atoms with van der Waals surface area (Å²) in [6.45, 7) is 7.60. The number of methoxy groups -OCH3 is 2.